The predicted octanol–water partition coefficient (Wildman–Crippen LogP) is 24.7. The largest absolute Gasteiger partial charge is 0.455 e. The standard InChI is InChI=1S/C82H60N2O4/c1-47(2)59-27-17-29-61-63-31-19-35-69(79(63)87-77(59)61)83(67-33-15-13-21-49(67)5)57-39-37-53-43-65-71(45-55(53)41-57)85-81-74(52-25-11-8-12-26-52)76-66-44-54-38-40-58(42-56(54)46-72(66)86-82(76)73(75(65)81)51-23-9-7-10-24-51)84(68-34-16-14-22-50(68)6)70-36-20-32-64-62-30-18-28-60(48(3)4)78(62)88-80(64)70/h7-48H,1-6H3. The van der Waals surface area contributed by atoms with Gasteiger partial charge >= 0.3 is 0 Å². The fraction of sp³-hybridized carbons (Fsp3) is 0.0976. The highest BCUT2D eigenvalue weighted by Gasteiger charge is 2.29. The number of benzene rings is 13. The molecule has 4 heterocycles. The van der Waals surface area contributed by atoms with Crippen molar-refractivity contribution >= 4 is 143 Å². The summed E-state index contributed by atoms with van der Waals surface area (Å²) in [6.45, 7) is 13.3. The van der Waals surface area contributed by atoms with Crippen molar-refractivity contribution in [2.24, 2.45) is 0 Å². The summed E-state index contributed by atoms with van der Waals surface area (Å²) in [5.74, 6) is 0.614. The highest BCUT2D eigenvalue weighted by Crippen LogP contribution is 2.53. The van der Waals surface area contributed by atoms with Crippen LogP contribution in [-0.2, 0) is 0 Å². The quantitative estimate of drug-likeness (QED) is 0.136. The van der Waals surface area contributed by atoms with Crippen LogP contribution in [0.15, 0.2) is 260 Å². The van der Waals surface area contributed by atoms with E-state index in [4.69, 9.17) is 17.7 Å². The third-order valence-corrected chi connectivity index (χ3v) is 18.4. The molecule has 0 aliphatic carbocycles. The summed E-state index contributed by atoms with van der Waals surface area (Å²) in [4.78, 5) is 4.71. The van der Waals surface area contributed by atoms with Gasteiger partial charge in [-0.15, -0.1) is 0 Å². The lowest BCUT2D eigenvalue weighted by atomic mass is 9.90. The fourth-order valence-corrected chi connectivity index (χ4v) is 14.1. The highest BCUT2D eigenvalue weighted by molar-refractivity contribution is 6.31. The van der Waals surface area contributed by atoms with Gasteiger partial charge in [-0.25, -0.2) is 0 Å². The number of rotatable bonds is 10. The van der Waals surface area contributed by atoms with Gasteiger partial charge in [-0.2, -0.15) is 0 Å². The zero-order valence-corrected chi connectivity index (χ0v) is 49.8. The topological polar surface area (TPSA) is 59.0 Å². The number of fused-ring (bicyclic) bond motifs is 14. The van der Waals surface area contributed by atoms with Gasteiger partial charge in [-0.3, -0.25) is 0 Å². The number of anilines is 6. The first-order valence-corrected chi connectivity index (χ1v) is 30.6. The Morgan fingerprint density at radius 1 is 0.284 bits per heavy atom. The van der Waals surface area contributed by atoms with Gasteiger partial charge in [0.25, 0.3) is 0 Å². The fourth-order valence-electron chi connectivity index (χ4n) is 14.1. The highest BCUT2D eigenvalue weighted by atomic mass is 16.3. The Balaban J connectivity index is 0.877. The van der Waals surface area contributed by atoms with Crippen LogP contribution >= 0.6 is 0 Å². The van der Waals surface area contributed by atoms with E-state index in [2.05, 4.69) is 294 Å². The van der Waals surface area contributed by atoms with Crippen molar-refractivity contribution < 1.29 is 17.7 Å². The lowest BCUT2D eigenvalue weighted by Gasteiger charge is -2.27. The summed E-state index contributed by atoms with van der Waals surface area (Å²) >= 11 is 0. The second kappa shape index (κ2) is 19.9. The first kappa shape index (κ1) is 51.6. The zero-order chi connectivity index (χ0) is 59.1. The third-order valence-electron chi connectivity index (χ3n) is 18.4. The Bertz CT molecular complexity index is 5330. The molecule has 0 fully saturated rings. The molecule has 422 valence electrons. The molecule has 0 unspecified atom stereocenters. The number of hydrogen-bond donors (Lipinski definition) is 0. The average Bonchev–Trinajstić information content (AvgIpc) is 1.64. The van der Waals surface area contributed by atoms with E-state index in [0.717, 1.165) is 177 Å². The van der Waals surface area contributed by atoms with Crippen LogP contribution in [0.5, 0.6) is 0 Å². The lowest BCUT2D eigenvalue weighted by Crippen LogP contribution is -2.11. The normalized spacial score (nSPS) is 12.2. The number of furan rings is 4. The molecule has 0 atom stereocenters. The van der Waals surface area contributed by atoms with Crippen LogP contribution in [0.4, 0.5) is 34.1 Å². The molecular formula is C82H60N2O4. The van der Waals surface area contributed by atoms with E-state index >= 15 is 0 Å². The van der Waals surface area contributed by atoms with Gasteiger partial charge in [0.15, 0.2) is 11.2 Å². The Morgan fingerprint density at radius 2 is 0.659 bits per heavy atom. The Labute approximate surface area is 508 Å². The summed E-state index contributed by atoms with van der Waals surface area (Å²) in [7, 11) is 0. The van der Waals surface area contributed by atoms with Gasteiger partial charge in [0.1, 0.15) is 33.5 Å². The average molecular weight is 1140 g/mol. The van der Waals surface area contributed by atoms with Gasteiger partial charge < -0.3 is 27.5 Å². The molecule has 0 N–H and O–H groups in total. The van der Waals surface area contributed by atoms with Crippen molar-refractivity contribution in [3.8, 4) is 22.3 Å². The molecule has 0 saturated heterocycles. The van der Waals surface area contributed by atoms with E-state index in [0.29, 0.717) is 11.8 Å². The third kappa shape index (κ3) is 7.88. The molecule has 6 nitrogen and oxygen atoms in total. The molecule has 17 aromatic rings. The molecule has 6 heteroatoms. The van der Waals surface area contributed by atoms with E-state index in [1.165, 1.54) is 11.1 Å². The van der Waals surface area contributed by atoms with Gasteiger partial charge in [-0.1, -0.05) is 198 Å². The maximum atomic E-state index is 7.45. The SMILES string of the molecule is Cc1ccccc1N(c1ccc2cc3c(cc2c1)oc1c(-c2ccccc2)c2c(oc4cc5cc(N(c6ccccc6C)c6cccc7c6oc6c(C(C)C)cccc67)ccc5cc42)c(-c2ccccc2)c13)c1cccc2c1oc1c(C(C)C)cccc12. The Morgan fingerprint density at radius 3 is 1.07 bits per heavy atom. The van der Waals surface area contributed by atoms with Crippen molar-refractivity contribution in [2.75, 3.05) is 9.80 Å². The summed E-state index contributed by atoms with van der Waals surface area (Å²) in [5.41, 5.74) is 21.8. The minimum atomic E-state index is 0.307. The van der Waals surface area contributed by atoms with Crippen molar-refractivity contribution in [2.45, 2.75) is 53.4 Å². The number of aryl methyl sites for hydroxylation is 2. The molecule has 0 spiro atoms. The lowest BCUT2D eigenvalue weighted by molar-refractivity contribution is 0.657. The first-order chi connectivity index (χ1) is 43.1. The maximum Gasteiger partial charge on any atom is 0.159 e. The van der Waals surface area contributed by atoms with Crippen LogP contribution in [0, 0.1) is 13.8 Å². The smallest absolute Gasteiger partial charge is 0.159 e. The zero-order valence-electron chi connectivity index (χ0n) is 49.8. The molecule has 0 bridgehead atoms. The van der Waals surface area contributed by atoms with Crippen molar-refractivity contribution in [3.63, 3.8) is 0 Å². The first-order valence-electron chi connectivity index (χ1n) is 30.6. The monoisotopic (exact) mass is 1140 g/mol. The van der Waals surface area contributed by atoms with E-state index in [-0.39, 0.29) is 0 Å². The van der Waals surface area contributed by atoms with Crippen LogP contribution in [0.25, 0.3) is 132 Å². The summed E-state index contributed by atoms with van der Waals surface area (Å²) < 4.78 is 28.9. The summed E-state index contributed by atoms with van der Waals surface area (Å²) in [6.07, 6.45) is 0. The molecule has 0 aliphatic rings. The van der Waals surface area contributed by atoms with Crippen molar-refractivity contribution in [3.05, 3.63) is 265 Å². The minimum Gasteiger partial charge on any atom is -0.455 e. The number of hydrogen-bond acceptors (Lipinski definition) is 6. The van der Waals surface area contributed by atoms with Crippen LogP contribution in [0.3, 0.4) is 0 Å². The second-order valence-electron chi connectivity index (χ2n) is 24.4. The Kier molecular flexibility index (Phi) is 11.7. The van der Waals surface area contributed by atoms with Gasteiger partial charge in [-0.05, 0) is 153 Å². The van der Waals surface area contributed by atoms with Crippen LogP contribution in [0.2, 0.25) is 0 Å². The van der Waals surface area contributed by atoms with Gasteiger partial charge in [0, 0.05) is 77.0 Å². The van der Waals surface area contributed by atoms with E-state index in [1.54, 1.807) is 0 Å². The van der Waals surface area contributed by atoms with Crippen LogP contribution in [-0.4, -0.2) is 0 Å². The number of nitrogens with zero attached hydrogens (tertiary/aromatic N) is 2. The van der Waals surface area contributed by atoms with Gasteiger partial charge in [0.2, 0.25) is 0 Å². The predicted molar refractivity (Wildman–Crippen MR) is 368 cm³/mol. The number of para-hydroxylation sites is 6. The molecule has 88 heavy (non-hydrogen) atoms. The molecule has 0 radical (unpaired) electrons. The molecule has 4 aromatic heterocycles. The van der Waals surface area contributed by atoms with E-state index in [1.807, 2.05) is 0 Å². The van der Waals surface area contributed by atoms with E-state index in [9.17, 15) is 0 Å². The van der Waals surface area contributed by atoms with Crippen LogP contribution in [0.1, 0.15) is 61.8 Å². The minimum absolute atomic E-state index is 0.307. The second-order valence-corrected chi connectivity index (χ2v) is 24.4. The van der Waals surface area contributed by atoms with Crippen molar-refractivity contribution in [1.82, 2.24) is 0 Å². The maximum absolute atomic E-state index is 7.45. The molecule has 17 rings (SSSR count). The van der Waals surface area contributed by atoms with Crippen molar-refractivity contribution in [1.29, 1.82) is 0 Å². The van der Waals surface area contributed by atoms with E-state index < -0.39 is 0 Å². The molecular weight excluding hydrogens is 1080 g/mol. The summed E-state index contributed by atoms with van der Waals surface area (Å²) in [5, 5.41) is 12.8. The molecule has 13 aromatic carbocycles. The van der Waals surface area contributed by atoms with Gasteiger partial charge in [0.05, 0.1) is 11.4 Å². The molecule has 0 aliphatic heterocycles. The molecule has 0 amide bonds. The molecule has 0 saturated carbocycles. The van der Waals surface area contributed by atoms with Crippen LogP contribution < -0.4 is 9.80 Å². The summed E-state index contributed by atoms with van der Waals surface area (Å²) in [6, 6.07) is 87.3. The Hall–Kier alpha value is -10.8.